The minimum Gasteiger partial charge on any atom is -0.346 e. The molecule has 1 aromatic carbocycles. The lowest BCUT2D eigenvalue weighted by Gasteiger charge is -2.28. The number of benzene rings is 1. The van der Waals surface area contributed by atoms with Crippen LogP contribution < -0.4 is 4.90 Å². The number of nitrogens with zero attached hydrogens (tertiary/aromatic N) is 6. The molecular formula is C17H15F3N6S. The molecule has 0 bridgehead atoms. The predicted octanol–water partition coefficient (Wildman–Crippen LogP) is 3.40. The van der Waals surface area contributed by atoms with Gasteiger partial charge in [-0.05, 0) is 5.56 Å². The number of hydrogen-bond donors (Lipinski definition) is 0. The Morgan fingerprint density at radius 3 is 2.63 bits per heavy atom. The fourth-order valence-corrected chi connectivity index (χ4v) is 3.66. The number of fused-ring (bicyclic) bond motifs is 1. The van der Waals surface area contributed by atoms with Crippen molar-refractivity contribution in [3.8, 4) is 0 Å². The molecule has 0 fully saturated rings. The minimum absolute atomic E-state index is 0.153. The molecular weight excluding hydrogens is 377 g/mol. The zero-order valence-electron chi connectivity index (χ0n) is 14.1. The highest BCUT2D eigenvalue weighted by molar-refractivity contribution is 7.98. The highest BCUT2D eigenvalue weighted by atomic mass is 32.2. The van der Waals surface area contributed by atoms with Gasteiger partial charge in [0, 0.05) is 18.8 Å². The van der Waals surface area contributed by atoms with Crippen molar-refractivity contribution in [1.29, 1.82) is 0 Å². The van der Waals surface area contributed by atoms with E-state index in [0.717, 1.165) is 15.3 Å². The lowest BCUT2D eigenvalue weighted by Crippen LogP contribution is -2.35. The van der Waals surface area contributed by atoms with Crippen LogP contribution in [0.5, 0.6) is 0 Å². The molecule has 0 aliphatic carbocycles. The molecule has 3 aromatic rings. The summed E-state index contributed by atoms with van der Waals surface area (Å²) in [6.45, 7) is 0.750. The first kappa shape index (κ1) is 17.8. The molecule has 27 heavy (non-hydrogen) atoms. The van der Waals surface area contributed by atoms with Gasteiger partial charge >= 0.3 is 6.18 Å². The summed E-state index contributed by atoms with van der Waals surface area (Å²) in [6.07, 6.45) is -1.20. The molecule has 140 valence electrons. The minimum atomic E-state index is -4.50. The maximum atomic E-state index is 12.9. The number of anilines is 1. The van der Waals surface area contributed by atoms with Crippen LogP contribution in [0.3, 0.4) is 0 Å². The number of halogens is 3. The first-order valence-electron chi connectivity index (χ1n) is 8.24. The lowest BCUT2D eigenvalue weighted by atomic mass is 10.2. The quantitative estimate of drug-likeness (QED) is 0.635. The molecule has 0 saturated heterocycles. The fraction of sp³-hybridized carbons (Fsp3) is 0.294. The Bertz CT molecular complexity index is 928. The van der Waals surface area contributed by atoms with Crippen LogP contribution in [-0.4, -0.2) is 31.3 Å². The molecule has 0 radical (unpaired) electrons. The first-order valence-corrected chi connectivity index (χ1v) is 9.22. The van der Waals surface area contributed by atoms with Crippen LogP contribution in [0.4, 0.5) is 19.0 Å². The molecule has 1 aliphatic heterocycles. The van der Waals surface area contributed by atoms with Gasteiger partial charge in [0.15, 0.2) is 5.82 Å². The largest absolute Gasteiger partial charge is 0.451 e. The molecule has 0 N–H and O–H groups in total. The zero-order chi connectivity index (χ0) is 18.9. The Labute approximate surface area is 157 Å². The van der Waals surface area contributed by atoms with E-state index in [1.54, 1.807) is 24.2 Å². The van der Waals surface area contributed by atoms with Crippen LogP contribution in [0.25, 0.3) is 0 Å². The number of aromatic nitrogens is 5. The van der Waals surface area contributed by atoms with Gasteiger partial charge in [0.25, 0.3) is 0 Å². The summed E-state index contributed by atoms with van der Waals surface area (Å²) in [7, 11) is 0. The van der Waals surface area contributed by atoms with Gasteiger partial charge < -0.3 is 9.47 Å². The summed E-state index contributed by atoms with van der Waals surface area (Å²) < 4.78 is 40.0. The maximum absolute atomic E-state index is 12.9. The molecule has 0 unspecified atom stereocenters. The van der Waals surface area contributed by atoms with Gasteiger partial charge in [-0.1, -0.05) is 30.3 Å². The second kappa shape index (κ2) is 7.18. The summed E-state index contributed by atoms with van der Waals surface area (Å²) >= 11 is 1.56. The van der Waals surface area contributed by atoms with Gasteiger partial charge in [-0.2, -0.15) is 13.2 Å². The van der Waals surface area contributed by atoms with Crippen molar-refractivity contribution in [1.82, 2.24) is 24.7 Å². The fourth-order valence-electron chi connectivity index (χ4n) is 2.85. The van der Waals surface area contributed by atoms with Gasteiger partial charge in [0.1, 0.15) is 10.8 Å². The second-order valence-electron chi connectivity index (χ2n) is 6.00. The average molecular weight is 392 g/mol. The van der Waals surface area contributed by atoms with E-state index >= 15 is 0 Å². The molecule has 6 nitrogen and oxygen atoms in total. The van der Waals surface area contributed by atoms with Crippen LogP contribution in [0.2, 0.25) is 0 Å². The Hall–Kier alpha value is -2.62. The smallest absolute Gasteiger partial charge is 0.346 e. The first-order chi connectivity index (χ1) is 13.0. The third-order valence-electron chi connectivity index (χ3n) is 4.16. The highest BCUT2D eigenvalue weighted by Crippen LogP contribution is 2.30. The maximum Gasteiger partial charge on any atom is 0.451 e. The van der Waals surface area contributed by atoms with Crippen molar-refractivity contribution < 1.29 is 13.2 Å². The Kier molecular flexibility index (Phi) is 4.73. The summed E-state index contributed by atoms with van der Waals surface area (Å²) in [5, 5.41) is 7.76. The topological polar surface area (TPSA) is 59.7 Å². The third-order valence-corrected chi connectivity index (χ3v) is 5.13. The van der Waals surface area contributed by atoms with Gasteiger partial charge in [-0.15, -0.1) is 22.0 Å². The van der Waals surface area contributed by atoms with Crippen LogP contribution >= 0.6 is 11.8 Å². The third kappa shape index (κ3) is 3.90. The van der Waals surface area contributed by atoms with Crippen molar-refractivity contribution in [2.24, 2.45) is 0 Å². The zero-order valence-corrected chi connectivity index (χ0v) is 14.9. The van der Waals surface area contributed by atoms with Crippen molar-refractivity contribution in [2.75, 3.05) is 11.4 Å². The summed E-state index contributed by atoms with van der Waals surface area (Å²) in [5.41, 5.74) is 1.18. The molecule has 1 aliphatic rings. The van der Waals surface area contributed by atoms with Crippen LogP contribution in [-0.2, 0) is 25.0 Å². The van der Waals surface area contributed by atoms with E-state index in [1.807, 2.05) is 35.2 Å². The number of hydrogen-bond acceptors (Lipinski definition) is 6. The molecule has 3 heterocycles. The Morgan fingerprint density at radius 1 is 1.04 bits per heavy atom. The number of rotatable bonds is 4. The van der Waals surface area contributed by atoms with Gasteiger partial charge in [0.05, 0.1) is 18.9 Å². The van der Waals surface area contributed by atoms with Gasteiger partial charge in [-0.3, -0.25) is 4.98 Å². The Morgan fingerprint density at radius 2 is 1.85 bits per heavy atom. The second-order valence-corrected chi connectivity index (χ2v) is 7.00. The molecule has 10 heteroatoms. The van der Waals surface area contributed by atoms with Gasteiger partial charge in [-0.25, -0.2) is 4.98 Å². The molecule has 4 rings (SSSR count). The summed E-state index contributed by atoms with van der Waals surface area (Å²) in [5.74, 6) is 0.714. The summed E-state index contributed by atoms with van der Waals surface area (Å²) in [6, 6.07) is 10.0. The van der Waals surface area contributed by atoms with E-state index in [9.17, 15) is 13.2 Å². The number of thioether (sulfide) groups is 1. The van der Waals surface area contributed by atoms with Crippen LogP contribution in [0.1, 0.15) is 17.2 Å². The average Bonchev–Trinajstić information content (AvgIpc) is 3.11. The van der Waals surface area contributed by atoms with E-state index in [-0.39, 0.29) is 18.9 Å². The van der Waals surface area contributed by atoms with Gasteiger partial charge in [0.2, 0.25) is 5.82 Å². The normalized spacial score (nSPS) is 14.3. The van der Waals surface area contributed by atoms with Crippen molar-refractivity contribution in [3.05, 3.63) is 59.9 Å². The monoisotopic (exact) mass is 392 g/mol. The van der Waals surface area contributed by atoms with E-state index in [4.69, 9.17) is 0 Å². The van der Waals surface area contributed by atoms with E-state index in [1.165, 1.54) is 5.56 Å². The van der Waals surface area contributed by atoms with Crippen molar-refractivity contribution in [3.63, 3.8) is 0 Å². The molecule has 0 atom stereocenters. The van der Waals surface area contributed by atoms with E-state index in [2.05, 4.69) is 20.2 Å². The molecule has 0 spiro atoms. The predicted molar refractivity (Wildman–Crippen MR) is 94.1 cm³/mol. The lowest BCUT2D eigenvalue weighted by molar-refractivity contribution is -0.147. The molecule has 2 aromatic heterocycles. The standard InChI is InChI=1S/C17H15F3N6S/c18-17(19,20)16-24-23-14-10-25(6-7-26(14)16)13-8-21-9-15(22-13)27-11-12-4-2-1-3-5-12/h1-5,8-9H,6-7,10-11H2. The number of alkyl halides is 3. The SMILES string of the molecule is FC(F)(F)c1nnc2n1CCN(c1cncc(SCc3ccccc3)n1)C2. The van der Waals surface area contributed by atoms with Crippen molar-refractivity contribution in [2.45, 2.75) is 30.0 Å². The van der Waals surface area contributed by atoms with Crippen molar-refractivity contribution >= 4 is 17.6 Å². The van der Waals surface area contributed by atoms with E-state index in [0.29, 0.717) is 12.4 Å². The highest BCUT2D eigenvalue weighted by Gasteiger charge is 2.39. The Balaban J connectivity index is 1.47. The van der Waals surface area contributed by atoms with E-state index < -0.39 is 12.0 Å². The summed E-state index contributed by atoms with van der Waals surface area (Å²) in [4.78, 5) is 10.7. The molecule has 0 amide bonds. The molecule has 0 saturated carbocycles. The van der Waals surface area contributed by atoms with Crippen LogP contribution in [0.15, 0.2) is 47.8 Å². The van der Waals surface area contributed by atoms with Crippen LogP contribution in [0, 0.1) is 0 Å².